The Bertz CT molecular complexity index is 584. The number of carboxylic acid groups (broad SMARTS) is 1. The van der Waals surface area contributed by atoms with Crippen molar-refractivity contribution in [2.45, 2.75) is 39.0 Å². The van der Waals surface area contributed by atoms with Crippen molar-refractivity contribution in [1.29, 1.82) is 0 Å². The van der Waals surface area contributed by atoms with Crippen LogP contribution in [0.4, 0.5) is 5.82 Å². The summed E-state index contributed by atoms with van der Waals surface area (Å²) in [6, 6.07) is 0. The zero-order valence-electron chi connectivity index (χ0n) is 12.2. The predicted molar refractivity (Wildman–Crippen MR) is 79.2 cm³/mol. The average molecular weight is 291 g/mol. The molecule has 2 heterocycles. The fourth-order valence-electron chi connectivity index (χ4n) is 2.45. The largest absolute Gasteiger partial charge is 0.481 e. The van der Waals surface area contributed by atoms with E-state index in [4.69, 9.17) is 5.11 Å². The van der Waals surface area contributed by atoms with Gasteiger partial charge in [-0.1, -0.05) is 19.8 Å². The SMILES string of the molecule is CCCC(CCNc1nccn2cnnc12)CCC(=O)O. The van der Waals surface area contributed by atoms with Crippen LogP contribution in [0.1, 0.15) is 39.0 Å². The van der Waals surface area contributed by atoms with E-state index in [-0.39, 0.29) is 6.42 Å². The zero-order valence-corrected chi connectivity index (χ0v) is 12.2. The van der Waals surface area contributed by atoms with Crippen LogP contribution < -0.4 is 5.32 Å². The highest BCUT2D eigenvalue weighted by Gasteiger charge is 2.11. The Morgan fingerprint density at radius 1 is 1.43 bits per heavy atom. The normalized spacial score (nSPS) is 12.4. The zero-order chi connectivity index (χ0) is 15.1. The molecule has 2 aromatic rings. The summed E-state index contributed by atoms with van der Waals surface area (Å²) in [7, 11) is 0. The predicted octanol–water partition coefficient (Wildman–Crippen LogP) is 2.21. The third kappa shape index (κ3) is 4.40. The van der Waals surface area contributed by atoms with Gasteiger partial charge in [0.05, 0.1) is 0 Å². The minimum atomic E-state index is -0.723. The van der Waals surface area contributed by atoms with Crippen LogP contribution in [0, 0.1) is 5.92 Å². The lowest BCUT2D eigenvalue weighted by atomic mass is 9.94. The van der Waals surface area contributed by atoms with E-state index < -0.39 is 5.97 Å². The number of fused-ring (bicyclic) bond motifs is 1. The van der Waals surface area contributed by atoms with Crippen molar-refractivity contribution in [1.82, 2.24) is 19.6 Å². The number of aromatic nitrogens is 4. The summed E-state index contributed by atoms with van der Waals surface area (Å²) < 4.78 is 1.81. The summed E-state index contributed by atoms with van der Waals surface area (Å²) in [5.41, 5.74) is 0.704. The lowest BCUT2D eigenvalue weighted by Gasteiger charge is -2.15. The summed E-state index contributed by atoms with van der Waals surface area (Å²) in [6.45, 7) is 2.88. The Morgan fingerprint density at radius 3 is 3.05 bits per heavy atom. The molecule has 0 saturated heterocycles. The second kappa shape index (κ2) is 7.56. The number of hydrogen-bond acceptors (Lipinski definition) is 5. The van der Waals surface area contributed by atoms with Crippen molar-refractivity contribution in [2.24, 2.45) is 5.92 Å². The molecule has 0 amide bonds. The van der Waals surface area contributed by atoms with Gasteiger partial charge < -0.3 is 10.4 Å². The lowest BCUT2D eigenvalue weighted by Crippen LogP contribution is -2.12. The smallest absolute Gasteiger partial charge is 0.303 e. The Kier molecular flexibility index (Phi) is 5.48. The highest BCUT2D eigenvalue weighted by Crippen LogP contribution is 2.18. The van der Waals surface area contributed by atoms with Crippen molar-refractivity contribution >= 4 is 17.4 Å². The molecule has 0 radical (unpaired) electrons. The van der Waals surface area contributed by atoms with Crippen molar-refractivity contribution < 1.29 is 9.90 Å². The van der Waals surface area contributed by atoms with Crippen LogP contribution in [0.3, 0.4) is 0 Å². The first-order valence-corrected chi connectivity index (χ1v) is 7.30. The Hall–Kier alpha value is -2.18. The summed E-state index contributed by atoms with van der Waals surface area (Å²) in [5.74, 6) is 0.415. The molecule has 2 aromatic heterocycles. The Morgan fingerprint density at radius 2 is 2.29 bits per heavy atom. The Balaban J connectivity index is 1.86. The first kappa shape index (κ1) is 15.2. The third-order valence-electron chi connectivity index (χ3n) is 3.52. The molecule has 2 N–H and O–H groups in total. The number of nitrogens with zero attached hydrogens (tertiary/aromatic N) is 4. The molecule has 0 aromatic carbocycles. The van der Waals surface area contributed by atoms with E-state index in [0.29, 0.717) is 17.4 Å². The fourth-order valence-corrected chi connectivity index (χ4v) is 2.45. The number of anilines is 1. The first-order chi connectivity index (χ1) is 10.2. The summed E-state index contributed by atoms with van der Waals surface area (Å²) in [6.07, 6.45) is 9.16. The van der Waals surface area contributed by atoms with Crippen molar-refractivity contribution in [2.75, 3.05) is 11.9 Å². The lowest BCUT2D eigenvalue weighted by molar-refractivity contribution is -0.137. The molecule has 1 unspecified atom stereocenters. The second-order valence-electron chi connectivity index (χ2n) is 5.14. The minimum Gasteiger partial charge on any atom is -0.481 e. The van der Waals surface area contributed by atoms with Crippen molar-refractivity contribution in [3.63, 3.8) is 0 Å². The molecular weight excluding hydrogens is 270 g/mol. The van der Waals surface area contributed by atoms with Crippen LogP contribution in [-0.2, 0) is 4.79 Å². The molecule has 0 fully saturated rings. The van der Waals surface area contributed by atoms with Crippen LogP contribution in [0.2, 0.25) is 0 Å². The van der Waals surface area contributed by atoms with Gasteiger partial charge in [-0.3, -0.25) is 9.20 Å². The minimum absolute atomic E-state index is 0.239. The van der Waals surface area contributed by atoms with Gasteiger partial charge in [0, 0.05) is 25.4 Å². The molecule has 0 aliphatic carbocycles. The molecule has 0 spiro atoms. The maximum Gasteiger partial charge on any atom is 0.303 e. The van der Waals surface area contributed by atoms with Crippen LogP contribution >= 0.6 is 0 Å². The van der Waals surface area contributed by atoms with E-state index in [9.17, 15) is 4.79 Å². The molecule has 0 aliphatic rings. The summed E-state index contributed by atoms with van der Waals surface area (Å²) in [5, 5.41) is 19.9. The van der Waals surface area contributed by atoms with E-state index in [2.05, 4.69) is 27.4 Å². The maximum atomic E-state index is 10.7. The first-order valence-electron chi connectivity index (χ1n) is 7.30. The molecule has 0 aliphatic heterocycles. The summed E-state index contributed by atoms with van der Waals surface area (Å²) in [4.78, 5) is 14.9. The molecule has 0 saturated carbocycles. The second-order valence-corrected chi connectivity index (χ2v) is 5.14. The van der Waals surface area contributed by atoms with Crippen molar-refractivity contribution in [3.05, 3.63) is 18.7 Å². The highest BCUT2D eigenvalue weighted by atomic mass is 16.4. The fraction of sp³-hybridized carbons (Fsp3) is 0.571. The quantitative estimate of drug-likeness (QED) is 0.736. The number of hydrogen-bond donors (Lipinski definition) is 2. The van der Waals surface area contributed by atoms with Gasteiger partial charge in [0.15, 0.2) is 5.82 Å². The molecule has 7 nitrogen and oxygen atoms in total. The van der Waals surface area contributed by atoms with E-state index in [0.717, 1.165) is 32.2 Å². The maximum absolute atomic E-state index is 10.7. The molecule has 2 rings (SSSR count). The number of carbonyl (C=O) groups is 1. The average Bonchev–Trinajstić information content (AvgIpc) is 2.94. The van der Waals surface area contributed by atoms with Crippen LogP contribution in [0.25, 0.3) is 5.65 Å². The third-order valence-corrected chi connectivity index (χ3v) is 3.52. The van der Waals surface area contributed by atoms with E-state index >= 15 is 0 Å². The van der Waals surface area contributed by atoms with Crippen molar-refractivity contribution in [3.8, 4) is 0 Å². The van der Waals surface area contributed by atoms with Gasteiger partial charge >= 0.3 is 5.97 Å². The van der Waals surface area contributed by atoms with Gasteiger partial charge in [-0.25, -0.2) is 4.98 Å². The van der Waals surface area contributed by atoms with Gasteiger partial charge in [0.1, 0.15) is 6.33 Å². The van der Waals surface area contributed by atoms with E-state index in [1.165, 1.54) is 0 Å². The van der Waals surface area contributed by atoms with Gasteiger partial charge in [-0.2, -0.15) is 0 Å². The van der Waals surface area contributed by atoms with E-state index in [1.54, 1.807) is 18.7 Å². The molecule has 1 atom stereocenters. The van der Waals surface area contributed by atoms with Crippen LogP contribution in [-0.4, -0.2) is 37.2 Å². The molecule has 21 heavy (non-hydrogen) atoms. The highest BCUT2D eigenvalue weighted by molar-refractivity contribution is 5.66. The standard InChI is InChI=1S/C14H21N5O2/c1-2-3-11(4-5-12(20)21)6-7-15-13-14-18-17-10-19(14)9-8-16-13/h8-11H,2-7H2,1H3,(H,15,16)(H,20,21). The van der Waals surface area contributed by atoms with Gasteiger partial charge in [0.25, 0.3) is 0 Å². The molecule has 0 bridgehead atoms. The number of carboxylic acids is 1. The summed E-state index contributed by atoms with van der Waals surface area (Å²) >= 11 is 0. The topological polar surface area (TPSA) is 92.4 Å². The number of nitrogens with one attached hydrogen (secondary N) is 1. The molecular formula is C14H21N5O2. The van der Waals surface area contributed by atoms with Crippen LogP contribution in [0.15, 0.2) is 18.7 Å². The van der Waals surface area contributed by atoms with Gasteiger partial charge in [-0.05, 0) is 18.8 Å². The monoisotopic (exact) mass is 291 g/mol. The number of aliphatic carboxylic acids is 1. The molecule has 7 heteroatoms. The van der Waals surface area contributed by atoms with Gasteiger partial charge in [-0.15, -0.1) is 10.2 Å². The van der Waals surface area contributed by atoms with Crippen LogP contribution in [0.5, 0.6) is 0 Å². The van der Waals surface area contributed by atoms with Gasteiger partial charge in [0.2, 0.25) is 5.65 Å². The molecule has 114 valence electrons. The number of rotatable bonds is 9. The Labute approximate surface area is 123 Å². The van der Waals surface area contributed by atoms with E-state index in [1.807, 2.05) is 4.40 Å².